The van der Waals surface area contributed by atoms with Crippen LogP contribution in [0.2, 0.25) is 0 Å². The van der Waals surface area contributed by atoms with Crippen LogP contribution in [0.3, 0.4) is 0 Å². The van der Waals surface area contributed by atoms with Crippen LogP contribution >= 0.6 is 0 Å². The van der Waals surface area contributed by atoms with Crippen LogP contribution in [0.25, 0.3) is 0 Å². The minimum Gasteiger partial charge on any atom is -0.369 e. The number of aromatic nitrogens is 2. The average molecular weight is 233 g/mol. The standard InChI is InChI=1S/C10H15N7/c1-16(2)6-12-9-8(5-11)10(15-14-9)13-7-17(3)4/h6-7H,1-4H3,(H,14,15). The van der Waals surface area contributed by atoms with Crippen molar-refractivity contribution in [1.82, 2.24) is 20.0 Å². The van der Waals surface area contributed by atoms with Gasteiger partial charge in [0, 0.05) is 28.2 Å². The molecule has 0 atom stereocenters. The molecule has 0 saturated carbocycles. The van der Waals surface area contributed by atoms with Gasteiger partial charge in [0.15, 0.2) is 11.6 Å². The molecule has 0 saturated heterocycles. The normalized spacial score (nSPS) is 11.0. The number of nitriles is 1. The van der Waals surface area contributed by atoms with Crippen LogP contribution in [0.1, 0.15) is 5.56 Å². The zero-order chi connectivity index (χ0) is 12.8. The summed E-state index contributed by atoms with van der Waals surface area (Å²) in [6.07, 6.45) is 3.17. The third-order valence-electron chi connectivity index (χ3n) is 1.67. The Morgan fingerprint density at radius 1 is 1.18 bits per heavy atom. The van der Waals surface area contributed by atoms with Gasteiger partial charge in [0.25, 0.3) is 0 Å². The highest BCUT2D eigenvalue weighted by molar-refractivity contribution is 5.69. The van der Waals surface area contributed by atoms with Gasteiger partial charge in [-0.05, 0) is 0 Å². The molecule has 0 unspecified atom stereocenters. The summed E-state index contributed by atoms with van der Waals surface area (Å²) in [7, 11) is 7.37. The lowest BCUT2D eigenvalue weighted by molar-refractivity contribution is 0.643. The molecule has 0 radical (unpaired) electrons. The largest absolute Gasteiger partial charge is 0.369 e. The molecule has 17 heavy (non-hydrogen) atoms. The summed E-state index contributed by atoms with van der Waals surface area (Å²) >= 11 is 0. The number of hydrogen-bond acceptors (Lipinski definition) is 4. The van der Waals surface area contributed by atoms with E-state index in [0.717, 1.165) is 0 Å². The predicted octanol–water partition coefficient (Wildman–Crippen LogP) is 0.724. The Morgan fingerprint density at radius 3 is 2.29 bits per heavy atom. The van der Waals surface area contributed by atoms with Crippen molar-refractivity contribution >= 4 is 24.3 Å². The molecule has 0 aliphatic carbocycles. The Hall–Kier alpha value is -2.36. The van der Waals surface area contributed by atoms with E-state index in [9.17, 15) is 0 Å². The lowest BCUT2D eigenvalue weighted by atomic mass is 10.3. The minimum atomic E-state index is 0.334. The molecule has 7 nitrogen and oxygen atoms in total. The Balaban J connectivity index is 3.00. The zero-order valence-corrected chi connectivity index (χ0v) is 10.3. The molecule has 7 heteroatoms. The van der Waals surface area contributed by atoms with Gasteiger partial charge in [-0.2, -0.15) is 10.4 Å². The van der Waals surface area contributed by atoms with Crippen molar-refractivity contribution in [2.75, 3.05) is 28.2 Å². The van der Waals surface area contributed by atoms with Crippen molar-refractivity contribution < 1.29 is 0 Å². The molecule has 0 aliphatic heterocycles. The van der Waals surface area contributed by atoms with Gasteiger partial charge in [-0.25, -0.2) is 9.98 Å². The summed E-state index contributed by atoms with van der Waals surface area (Å²) in [6, 6.07) is 2.03. The van der Waals surface area contributed by atoms with E-state index in [2.05, 4.69) is 20.2 Å². The summed E-state index contributed by atoms with van der Waals surface area (Å²) in [5.74, 6) is 0.749. The van der Waals surface area contributed by atoms with Crippen LogP contribution in [-0.2, 0) is 0 Å². The fraction of sp³-hybridized carbons (Fsp3) is 0.400. The number of hydrogen-bond donors (Lipinski definition) is 1. The Morgan fingerprint density at radius 2 is 1.76 bits per heavy atom. The Labute approximate surface area is 100 Å². The van der Waals surface area contributed by atoms with Crippen molar-refractivity contribution in [3.05, 3.63) is 5.56 Å². The second kappa shape index (κ2) is 5.65. The molecular weight excluding hydrogens is 218 g/mol. The summed E-state index contributed by atoms with van der Waals surface area (Å²) in [5, 5.41) is 15.6. The summed E-state index contributed by atoms with van der Waals surface area (Å²) < 4.78 is 0. The number of rotatable bonds is 4. The Bertz CT molecular complexity index is 426. The highest BCUT2D eigenvalue weighted by atomic mass is 15.2. The second-order valence-corrected chi connectivity index (χ2v) is 3.80. The highest BCUT2D eigenvalue weighted by Gasteiger charge is 2.10. The van der Waals surface area contributed by atoms with E-state index < -0.39 is 0 Å². The van der Waals surface area contributed by atoms with Crippen molar-refractivity contribution in [1.29, 1.82) is 5.26 Å². The maximum atomic E-state index is 9.03. The summed E-state index contributed by atoms with van der Waals surface area (Å²) in [5.41, 5.74) is 0.334. The van der Waals surface area contributed by atoms with E-state index in [1.807, 2.05) is 34.3 Å². The average Bonchev–Trinajstić information content (AvgIpc) is 2.65. The first kappa shape index (κ1) is 12.7. The Kier molecular flexibility index (Phi) is 4.22. The molecule has 1 aromatic heterocycles. The molecule has 0 fully saturated rings. The van der Waals surface area contributed by atoms with Crippen LogP contribution in [-0.4, -0.2) is 60.9 Å². The zero-order valence-electron chi connectivity index (χ0n) is 10.3. The first-order valence-electron chi connectivity index (χ1n) is 4.94. The van der Waals surface area contributed by atoms with E-state index in [1.165, 1.54) is 0 Å². The summed E-state index contributed by atoms with van der Waals surface area (Å²) in [4.78, 5) is 11.7. The van der Waals surface area contributed by atoms with Crippen molar-refractivity contribution in [2.24, 2.45) is 9.98 Å². The van der Waals surface area contributed by atoms with Crippen molar-refractivity contribution in [3.8, 4) is 6.07 Å². The van der Waals surface area contributed by atoms with Gasteiger partial charge in [0.2, 0.25) is 0 Å². The maximum Gasteiger partial charge on any atom is 0.195 e. The third-order valence-corrected chi connectivity index (χ3v) is 1.67. The topological polar surface area (TPSA) is 83.7 Å². The predicted molar refractivity (Wildman–Crippen MR) is 67.0 cm³/mol. The van der Waals surface area contributed by atoms with Gasteiger partial charge in [-0.1, -0.05) is 0 Å². The SMILES string of the molecule is CN(C)C=Nc1n[nH]c(N=CN(C)C)c1C#N. The first-order chi connectivity index (χ1) is 8.04. The van der Waals surface area contributed by atoms with Gasteiger partial charge < -0.3 is 9.80 Å². The van der Waals surface area contributed by atoms with E-state index >= 15 is 0 Å². The molecule has 0 bridgehead atoms. The van der Waals surface area contributed by atoms with Gasteiger partial charge in [0.1, 0.15) is 11.6 Å². The monoisotopic (exact) mass is 233 g/mol. The fourth-order valence-corrected chi connectivity index (χ4v) is 0.957. The summed E-state index contributed by atoms with van der Waals surface area (Å²) in [6.45, 7) is 0. The van der Waals surface area contributed by atoms with Crippen LogP contribution in [0.5, 0.6) is 0 Å². The van der Waals surface area contributed by atoms with Crippen LogP contribution in [0.15, 0.2) is 9.98 Å². The lowest BCUT2D eigenvalue weighted by Crippen LogP contribution is -2.07. The number of nitrogens with one attached hydrogen (secondary N) is 1. The van der Waals surface area contributed by atoms with Gasteiger partial charge in [0.05, 0.1) is 12.7 Å². The smallest absolute Gasteiger partial charge is 0.195 e. The van der Waals surface area contributed by atoms with Crippen molar-refractivity contribution in [2.45, 2.75) is 0 Å². The lowest BCUT2D eigenvalue weighted by Gasteiger charge is -2.01. The van der Waals surface area contributed by atoms with E-state index in [4.69, 9.17) is 5.26 Å². The molecule has 1 heterocycles. The quantitative estimate of drug-likeness (QED) is 0.613. The molecule has 0 aliphatic rings. The first-order valence-corrected chi connectivity index (χ1v) is 4.94. The molecule has 0 spiro atoms. The van der Waals surface area contributed by atoms with E-state index in [1.54, 1.807) is 22.5 Å². The van der Waals surface area contributed by atoms with Crippen molar-refractivity contribution in [3.63, 3.8) is 0 Å². The number of aromatic amines is 1. The molecular formula is C10H15N7. The van der Waals surface area contributed by atoms with Crippen LogP contribution in [0, 0.1) is 11.3 Å². The maximum absolute atomic E-state index is 9.03. The number of H-pyrrole nitrogens is 1. The van der Waals surface area contributed by atoms with E-state index in [0.29, 0.717) is 17.2 Å². The van der Waals surface area contributed by atoms with Gasteiger partial charge >= 0.3 is 0 Å². The molecule has 1 rings (SSSR count). The third kappa shape index (κ3) is 3.61. The molecule has 0 aromatic carbocycles. The van der Waals surface area contributed by atoms with Crippen LogP contribution in [0.4, 0.5) is 11.6 Å². The fourth-order valence-electron chi connectivity index (χ4n) is 0.957. The minimum absolute atomic E-state index is 0.334. The number of aliphatic imine (C=N–C) groups is 2. The van der Waals surface area contributed by atoms with Crippen LogP contribution < -0.4 is 0 Å². The molecule has 90 valence electrons. The molecule has 1 N–H and O–H groups in total. The highest BCUT2D eigenvalue weighted by Crippen LogP contribution is 2.24. The molecule has 0 amide bonds. The second-order valence-electron chi connectivity index (χ2n) is 3.80. The molecule has 1 aromatic rings. The number of nitrogens with zero attached hydrogens (tertiary/aromatic N) is 6. The van der Waals surface area contributed by atoms with E-state index in [-0.39, 0.29) is 0 Å². The van der Waals surface area contributed by atoms with Gasteiger partial charge in [-0.3, -0.25) is 5.10 Å². The van der Waals surface area contributed by atoms with Gasteiger partial charge in [-0.15, -0.1) is 0 Å².